The molecule has 1 aliphatic rings. The summed E-state index contributed by atoms with van der Waals surface area (Å²) in [7, 11) is 0. The summed E-state index contributed by atoms with van der Waals surface area (Å²) in [6.45, 7) is 2.65. The Labute approximate surface area is 198 Å². The van der Waals surface area contributed by atoms with Gasteiger partial charge >= 0.3 is 0 Å². The molecule has 8 nitrogen and oxygen atoms in total. The van der Waals surface area contributed by atoms with E-state index in [1.54, 1.807) is 12.3 Å². The average Bonchev–Trinajstić information content (AvgIpc) is 2.82. The number of hydrogen-bond acceptors (Lipinski definition) is 7. The summed E-state index contributed by atoms with van der Waals surface area (Å²) in [6, 6.07) is 8.36. The molecule has 1 aliphatic carbocycles. The first kappa shape index (κ1) is 23.7. The number of anilines is 3. The van der Waals surface area contributed by atoms with E-state index >= 15 is 0 Å². The second kappa shape index (κ2) is 10.6. The predicted octanol–water partition coefficient (Wildman–Crippen LogP) is 4.47. The van der Waals surface area contributed by atoms with Gasteiger partial charge in [-0.3, -0.25) is 9.78 Å². The third kappa shape index (κ3) is 5.36. The maximum absolute atomic E-state index is 14.8. The lowest BCUT2D eigenvalue weighted by atomic mass is 9.91. The van der Waals surface area contributed by atoms with E-state index < -0.39 is 11.7 Å². The molecule has 9 heteroatoms. The van der Waals surface area contributed by atoms with Gasteiger partial charge in [0.15, 0.2) is 11.6 Å². The Morgan fingerprint density at radius 2 is 2.06 bits per heavy atom. The second-order valence-corrected chi connectivity index (χ2v) is 8.65. The minimum Gasteiger partial charge on any atom is -0.491 e. The van der Waals surface area contributed by atoms with E-state index in [9.17, 15) is 9.18 Å². The van der Waals surface area contributed by atoms with Crippen LogP contribution in [0.25, 0.3) is 10.9 Å². The van der Waals surface area contributed by atoms with Gasteiger partial charge in [-0.25, -0.2) is 9.37 Å². The van der Waals surface area contributed by atoms with Crippen LogP contribution in [-0.2, 0) is 0 Å². The van der Waals surface area contributed by atoms with Crippen LogP contribution in [0.2, 0.25) is 0 Å². The molecule has 1 saturated carbocycles. The fourth-order valence-electron chi connectivity index (χ4n) is 4.19. The van der Waals surface area contributed by atoms with Crippen molar-refractivity contribution in [1.82, 2.24) is 9.97 Å². The molecule has 0 saturated heterocycles. The van der Waals surface area contributed by atoms with Crippen molar-refractivity contribution in [2.45, 2.75) is 57.5 Å². The Morgan fingerprint density at radius 3 is 2.82 bits per heavy atom. The Kier molecular flexibility index (Phi) is 7.42. The number of nitrogens with two attached hydrogens (primary N) is 2. The van der Waals surface area contributed by atoms with Crippen molar-refractivity contribution in [1.29, 1.82) is 0 Å². The van der Waals surface area contributed by atoms with Crippen LogP contribution in [-0.4, -0.2) is 34.6 Å². The molecule has 0 unspecified atom stereocenters. The highest BCUT2D eigenvalue weighted by Gasteiger charge is 2.24. The van der Waals surface area contributed by atoms with Crippen LogP contribution < -0.4 is 26.8 Å². The molecule has 2 aromatic heterocycles. The summed E-state index contributed by atoms with van der Waals surface area (Å²) in [5.41, 5.74) is 13.1. The number of carbonyl (C=O) groups is 1. The molecule has 1 fully saturated rings. The fraction of sp³-hybridized carbons (Fsp3) is 0.400. The van der Waals surface area contributed by atoms with Gasteiger partial charge < -0.3 is 26.8 Å². The van der Waals surface area contributed by atoms with Gasteiger partial charge in [0.25, 0.3) is 5.91 Å². The molecule has 4 rings (SSSR count). The Bertz CT molecular complexity index is 1170. The van der Waals surface area contributed by atoms with E-state index in [2.05, 4.69) is 27.5 Å². The zero-order valence-corrected chi connectivity index (χ0v) is 19.3. The summed E-state index contributed by atoms with van der Waals surface area (Å²) < 4.78 is 20.8. The number of primary amides is 1. The number of fused-ring (bicyclic) bond motifs is 1. The summed E-state index contributed by atoms with van der Waals surface area (Å²) in [5, 5.41) is 7.12. The Hall–Kier alpha value is -3.46. The maximum Gasteiger partial charge on any atom is 0.252 e. The van der Waals surface area contributed by atoms with Crippen LogP contribution in [0.1, 0.15) is 55.8 Å². The number of pyridine rings is 2. The third-order valence-corrected chi connectivity index (χ3v) is 6.07. The zero-order valence-electron chi connectivity index (χ0n) is 19.3. The second-order valence-electron chi connectivity index (χ2n) is 8.65. The van der Waals surface area contributed by atoms with Crippen LogP contribution in [0.15, 0.2) is 36.5 Å². The largest absolute Gasteiger partial charge is 0.491 e. The van der Waals surface area contributed by atoms with Crippen molar-refractivity contribution in [2.24, 2.45) is 11.5 Å². The lowest BCUT2D eigenvalue weighted by Crippen LogP contribution is -2.43. The minimum atomic E-state index is -0.781. The molecule has 1 amide bonds. The number of benzene rings is 1. The minimum absolute atomic E-state index is 0.0386. The molecule has 34 heavy (non-hydrogen) atoms. The molecule has 0 bridgehead atoms. The SMILES string of the molecule is CCCCOc1cc(Nc2nc(N[C@@H]3CCCC[C@@H]3N)c(F)cc2C(N)=O)cc2cccnc12. The van der Waals surface area contributed by atoms with E-state index in [1.165, 1.54) is 0 Å². The van der Waals surface area contributed by atoms with Gasteiger partial charge in [-0.2, -0.15) is 0 Å². The van der Waals surface area contributed by atoms with Gasteiger partial charge in [-0.1, -0.05) is 32.3 Å². The number of aromatic nitrogens is 2. The molecule has 1 aromatic carbocycles. The summed E-state index contributed by atoms with van der Waals surface area (Å²) >= 11 is 0. The van der Waals surface area contributed by atoms with Crippen LogP contribution >= 0.6 is 0 Å². The van der Waals surface area contributed by atoms with Crippen molar-refractivity contribution < 1.29 is 13.9 Å². The number of carbonyl (C=O) groups excluding carboxylic acids is 1. The summed E-state index contributed by atoms with van der Waals surface area (Å²) in [6.07, 6.45) is 7.41. The van der Waals surface area contributed by atoms with Crippen molar-refractivity contribution >= 4 is 34.1 Å². The normalized spacial score (nSPS) is 18.0. The van der Waals surface area contributed by atoms with E-state index in [1.807, 2.05) is 18.2 Å². The highest BCUT2D eigenvalue weighted by atomic mass is 19.1. The Morgan fingerprint density at radius 1 is 1.24 bits per heavy atom. The van der Waals surface area contributed by atoms with Gasteiger partial charge in [-0.15, -0.1) is 0 Å². The number of halogens is 1. The number of nitrogens with zero attached hydrogens (tertiary/aromatic N) is 2. The van der Waals surface area contributed by atoms with Gasteiger partial charge in [0.05, 0.1) is 12.2 Å². The number of rotatable bonds is 9. The van der Waals surface area contributed by atoms with Crippen LogP contribution in [0.5, 0.6) is 5.75 Å². The van der Waals surface area contributed by atoms with E-state index in [0.29, 0.717) is 18.0 Å². The Balaban J connectivity index is 1.68. The molecule has 0 radical (unpaired) electrons. The summed E-state index contributed by atoms with van der Waals surface area (Å²) in [4.78, 5) is 20.9. The molecular weight excluding hydrogens is 435 g/mol. The molecular formula is C25H31FN6O2. The molecule has 3 aromatic rings. The number of amides is 1. The number of hydrogen-bond donors (Lipinski definition) is 4. The maximum atomic E-state index is 14.8. The smallest absolute Gasteiger partial charge is 0.252 e. The van der Waals surface area contributed by atoms with Crippen LogP contribution in [0, 0.1) is 5.82 Å². The van der Waals surface area contributed by atoms with Gasteiger partial charge in [0, 0.05) is 35.4 Å². The number of ether oxygens (including phenoxy) is 1. The predicted molar refractivity (Wildman–Crippen MR) is 132 cm³/mol. The molecule has 2 heterocycles. The van der Waals surface area contributed by atoms with Crippen LogP contribution in [0.3, 0.4) is 0 Å². The first-order chi connectivity index (χ1) is 16.5. The first-order valence-electron chi connectivity index (χ1n) is 11.8. The zero-order chi connectivity index (χ0) is 24.1. The molecule has 6 N–H and O–H groups in total. The number of nitrogens with one attached hydrogen (secondary N) is 2. The molecule has 0 aliphatic heterocycles. The topological polar surface area (TPSA) is 128 Å². The van der Waals surface area contributed by atoms with Crippen molar-refractivity contribution in [3.63, 3.8) is 0 Å². The quantitative estimate of drug-likeness (QED) is 0.342. The van der Waals surface area contributed by atoms with E-state index in [0.717, 1.165) is 55.5 Å². The lowest BCUT2D eigenvalue weighted by molar-refractivity contribution is 0.100. The van der Waals surface area contributed by atoms with Crippen LogP contribution in [0.4, 0.5) is 21.7 Å². The van der Waals surface area contributed by atoms with Crippen molar-refractivity contribution in [2.75, 3.05) is 17.2 Å². The average molecular weight is 467 g/mol. The van der Waals surface area contributed by atoms with E-state index in [4.69, 9.17) is 16.2 Å². The lowest BCUT2D eigenvalue weighted by Gasteiger charge is -2.30. The van der Waals surface area contributed by atoms with Gasteiger partial charge in [0.2, 0.25) is 0 Å². The first-order valence-corrected chi connectivity index (χ1v) is 11.8. The summed E-state index contributed by atoms with van der Waals surface area (Å²) in [5.74, 6) is -0.622. The monoisotopic (exact) mass is 466 g/mol. The van der Waals surface area contributed by atoms with Crippen molar-refractivity contribution in [3.8, 4) is 5.75 Å². The fourth-order valence-corrected chi connectivity index (χ4v) is 4.19. The molecule has 2 atom stereocenters. The van der Waals surface area contributed by atoms with Gasteiger partial charge in [0.1, 0.15) is 17.1 Å². The standard InChI is InChI=1S/C25H31FN6O2/c1-2-3-11-34-21-13-16(12-15-7-6-10-29-22(15)21)30-24-17(23(28)33)14-18(26)25(32-24)31-20-9-5-4-8-19(20)27/h6-7,10,12-14,19-20H,2-5,8-9,11,27H2,1H3,(H2,28,33)(H2,30,31,32)/t19-,20+/m0/s1. The number of unbranched alkanes of at least 4 members (excludes halogenated alkanes) is 1. The molecule has 180 valence electrons. The highest BCUT2D eigenvalue weighted by Crippen LogP contribution is 2.32. The molecule has 0 spiro atoms. The van der Waals surface area contributed by atoms with Crippen molar-refractivity contribution in [3.05, 3.63) is 47.9 Å². The van der Waals surface area contributed by atoms with E-state index in [-0.39, 0.29) is 29.3 Å². The van der Waals surface area contributed by atoms with Gasteiger partial charge in [-0.05, 0) is 37.5 Å². The third-order valence-electron chi connectivity index (χ3n) is 6.07. The highest BCUT2D eigenvalue weighted by molar-refractivity contribution is 5.99.